The van der Waals surface area contributed by atoms with Crippen LogP contribution in [0.4, 0.5) is 0 Å². The zero-order chi connectivity index (χ0) is 15.1. The van der Waals surface area contributed by atoms with Crippen LogP contribution >= 0.6 is 11.6 Å². The van der Waals surface area contributed by atoms with Crippen molar-refractivity contribution in [1.82, 2.24) is 0 Å². The van der Waals surface area contributed by atoms with Crippen molar-refractivity contribution in [2.45, 2.75) is 0 Å². The molecule has 0 bridgehead atoms. The van der Waals surface area contributed by atoms with Crippen LogP contribution in [-0.4, -0.2) is 11.8 Å². The predicted molar refractivity (Wildman–Crippen MR) is 83.7 cm³/mol. The molecule has 0 atom stereocenters. The lowest BCUT2D eigenvalue weighted by Crippen LogP contribution is -2.15. The molecule has 0 aliphatic rings. The summed E-state index contributed by atoms with van der Waals surface area (Å²) in [5.74, 6) is -0.573. The molecule has 106 valence electrons. The van der Waals surface area contributed by atoms with Crippen molar-refractivity contribution in [2.24, 2.45) is 10.9 Å². The zero-order valence-corrected chi connectivity index (χ0v) is 11.8. The molecule has 0 fully saturated rings. The van der Waals surface area contributed by atoms with E-state index in [-0.39, 0.29) is 5.84 Å². The van der Waals surface area contributed by atoms with Crippen molar-refractivity contribution in [3.63, 3.8) is 0 Å². The molecule has 0 unspecified atom stereocenters. The number of hydrogen-bond acceptors (Lipinski definition) is 3. The van der Waals surface area contributed by atoms with Gasteiger partial charge < -0.3 is 10.6 Å². The molecule has 0 amide bonds. The average molecular weight is 301 g/mol. The van der Waals surface area contributed by atoms with E-state index in [0.717, 1.165) is 5.56 Å². The molecule has 0 aliphatic heterocycles. The predicted octanol–water partition coefficient (Wildman–Crippen LogP) is 3.22. The van der Waals surface area contributed by atoms with Gasteiger partial charge in [0.1, 0.15) is 0 Å². The molecule has 2 aromatic rings. The number of carbonyl (C=O) groups is 1. The van der Waals surface area contributed by atoms with Crippen molar-refractivity contribution in [2.75, 3.05) is 0 Å². The SMILES string of the molecule is N/C(=N\OC(=O)C=Cc1ccccc1)c1ccccc1Cl. The number of halogens is 1. The van der Waals surface area contributed by atoms with Crippen molar-refractivity contribution in [3.8, 4) is 0 Å². The Kier molecular flexibility index (Phi) is 5.12. The van der Waals surface area contributed by atoms with Crippen LogP contribution in [0, 0.1) is 0 Å². The second-order valence-corrected chi connectivity index (χ2v) is 4.52. The maximum absolute atomic E-state index is 11.5. The van der Waals surface area contributed by atoms with Gasteiger partial charge in [0.25, 0.3) is 0 Å². The minimum atomic E-state index is -0.617. The summed E-state index contributed by atoms with van der Waals surface area (Å²) in [5, 5.41) is 4.02. The van der Waals surface area contributed by atoms with Gasteiger partial charge >= 0.3 is 5.97 Å². The van der Waals surface area contributed by atoms with Crippen LogP contribution in [-0.2, 0) is 9.63 Å². The number of hydrogen-bond donors (Lipinski definition) is 1. The second kappa shape index (κ2) is 7.26. The Balaban J connectivity index is 1.99. The Bertz CT molecular complexity index is 682. The standard InChI is InChI=1S/C16H13ClN2O2/c17-14-9-5-4-8-13(14)16(18)19-21-15(20)11-10-12-6-2-1-3-7-12/h1-11H,(H2,18,19). The summed E-state index contributed by atoms with van der Waals surface area (Å²) in [6.07, 6.45) is 2.91. The van der Waals surface area contributed by atoms with Gasteiger partial charge in [-0.05, 0) is 23.8 Å². The third-order valence-corrected chi connectivity index (χ3v) is 2.92. The van der Waals surface area contributed by atoms with Gasteiger partial charge in [-0.25, -0.2) is 4.79 Å². The van der Waals surface area contributed by atoms with Crippen molar-refractivity contribution >= 4 is 29.5 Å². The quantitative estimate of drug-likeness (QED) is 0.310. The average Bonchev–Trinajstić information content (AvgIpc) is 2.52. The molecule has 5 heteroatoms. The minimum Gasteiger partial charge on any atom is -0.380 e. The van der Waals surface area contributed by atoms with Gasteiger partial charge in [0, 0.05) is 11.6 Å². The highest BCUT2D eigenvalue weighted by Gasteiger charge is 2.05. The fourth-order valence-electron chi connectivity index (χ4n) is 1.57. The lowest BCUT2D eigenvalue weighted by Gasteiger charge is -2.01. The molecule has 0 spiro atoms. The van der Waals surface area contributed by atoms with Crippen molar-refractivity contribution in [1.29, 1.82) is 0 Å². The fourth-order valence-corrected chi connectivity index (χ4v) is 1.80. The topological polar surface area (TPSA) is 64.7 Å². The summed E-state index contributed by atoms with van der Waals surface area (Å²) in [5.41, 5.74) is 7.12. The van der Waals surface area contributed by atoms with Crippen LogP contribution in [0.2, 0.25) is 5.02 Å². The molecule has 2 N–H and O–H groups in total. The number of rotatable bonds is 4. The van der Waals surface area contributed by atoms with Crippen LogP contribution in [0.15, 0.2) is 65.8 Å². The van der Waals surface area contributed by atoms with Crippen LogP contribution < -0.4 is 5.73 Å². The lowest BCUT2D eigenvalue weighted by atomic mass is 10.2. The van der Waals surface area contributed by atoms with Gasteiger partial charge in [-0.2, -0.15) is 0 Å². The second-order valence-electron chi connectivity index (χ2n) is 4.11. The highest BCUT2D eigenvalue weighted by atomic mass is 35.5. The third kappa shape index (κ3) is 4.47. The van der Waals surface area contributed by atoms with Gasteiger partial charge in [0.15, 0.2) is 5.84 Å². The summed E-state index contributed by atoms with van der Waals surface area (Å²) >= 11 is 5.96. The van der Waals surface area contributed by atoms with E-state index in [4.69, 9.17) is 22.2 Å². The molecule has 2 rings (SSSR count). The first-order chi connectivity index (χ1) is 10.2. The molecule has 0 aliphatic carbocycles. The Morgan fingerprint density at radius 3 is 2.48 bits per heavy atom. The zero-order valence-electron chi connectivity index (χ0n) is 11.1. The van der Waals surface area contributed by atoms with E-state index in [9.17, 15) is 4.79 Å². The van der Waals surface area contributed by atoms with Gasteiger partial charge in [0.2, 0.25) is 0 Å². The van der Waals surface area contributed by atoms with Crippen LogP contribution in [0.1, 0.15) is 11.1 Å². The third-order valence-electron chi connectivity index (χ3n) is 2.60. The van der Waals surface area contributed by atoms with Crippen LogP contribution in [0.25, 0.3) is 6.08 Å². The number of carbonyl (C=O) groups excluding carboxylic acids is 1. The van der Waals surface area contributed by atoms with Gasteiger partial charge in [-0.15, -0.1) is 0 Å². The van der Waals surface area contributed by atoms with E-state index in [1.807, 2.05) is 30.3 Å². The first kappa shape index (κ1) is 14.8. The van der Waals surface area contributed by atoms with E-state index in [1.54, 1.807) is 30.3 Å². The highest BCUT2D eigenvalue weighted by molar-refractivity contribution is 6.34. The summed E-state index contributed by atoms with van der Waals surface area (Å²) in [7, 11) is 0. The number of oxime groups is 1. The number of nitrogens with zero attached hydrogens (tertiary/aromatic N) is 1. The number of amidine groups is 1. The lowest BCUT2D eigenvalue weighted by molar-refractivity contribution is -0.137. The summed E-state index contributed by atoms with van der Waals surface area (Å²) in [4.78, 5) is 16.2. The summed E-state index contributed by atoms with van der Waals surface area (Å²) in [6, 6.07) is 16.3. The first-order valence-corrected chi connectivity index (χ1v) is 6.57. The Morgan fingerprint density at radius 1 is 1.10 bits per heavy atom. The smallest absolute Gasteiger partial charge is 0.358 e. The molecule has 0 saturated heterocycles. The Hall–Kier alpha value is -2.59. The highest BCUT2D eigenvalue weighted by Crippen LogP contribution is 2.14. The van der Waals surface area contributed by atoms with Crippen LogP contribution in [0.3, 0.4) is 0 Å². The molecule has 4 nitrogen and oxygen atoms in total. The molecule has 2 aromatic carbocycles. The normalized spacial score (nSPS) is 11.6. The van der Waals surface area contributed by atoms with E-state index < -0.39 is 5.97 Å². The maximum Gasteiger partial charge on any atom is 0.358 e. The molecule has 21 heavy (non-hydrogen) atoms. The van der Waals surface area contributed by atoms with E-state index in [1.165, 1.54) is 6.08 Å². The minimum absolute atomic E-state index is 0.0436. The van der Waals surface area contributed by atoms with E-state index in [2.05, 4.69) is 5.16 Å². The largest absolute Gasteiger partial charge is 0.380 e. The van der Waals surface area contributed by atoms with Gasteiger partial charge in [-0.3, -0.25) is 0 Å². The van der Waals surface area contributed by atoms with E-state index >= 15 is 0 Å². The maximum atomic E-state index is 11.5. The molecular formula is C16H13ClN2O2. The van der Waals surface area contributed by atoms with E-state index in [0.29, 0.717) is 10.6 Å². The number of nitrogens with two attached hydrogens (primary N) is 1. The monoisotopic (exact) mass is 300 g/mol. The van der Waals surface area contributed by atoms with Crippen molar-refractivity contribution in [3.05, 3.63) is 76.8 Å². The molecule has 0 heterocycles. The first-order valence-electron chi connectivity index (χ1n) is 6.19. The van der Waals surface area contributed by atoms with Crippen LogP contribution in [0.5, 0.6) is 0 Å². The molecular weight excluding hydrogens is 288 g/mol. The number of benzene rings is 2. The summed E-state index contributed by atoms with van der Waals surface area (Å²) < 4.78 is 0. The molecule has 0 saturated carbocycles. The van der Waals surface area contributed by atoms with Gasteiger partial charge in [-0.1, -0.05) is 59.2 Å². The Labute approximate surface area is 127 Å². The van der Waals surface area contributed by atoms with Gasteiger partial charge in [0.05, 0.1) is 5.02 Å². The fraction of sp³-hybridized carbons (Fsp3) is 0. The Morgan fingerprint density at radius 2 is 1.76 bits per heavy atom. The molecule has 0 aromatic heterocycles. The summed E-state index contributed by atoms with van der Waals surface area (Å²) in [6.45, 7) is 0. The van der Waals surface area contributed by atoms with Crippen molar-refractivity contribution < 1.29 is 9.63 Å². The molecule has 0 radical (unpaired) electrons.